The lowest BCUT2D eigenvalue weighted by molar-refractivity contribution is 0.301. The molecule has 2 aromatic rings. The van der Waals surface area contributed by atoms with E-state index in [0.29, 0.717) is 28.2 Å². The van der Waals surface area contributed by atoms with Crippen LogP contribution in [0.2, 0.25) is 10.2 Å². The summed E-state index contributed by atoms with van der Waals surface area (Å²) in [4.78, 5) is 8.00. The number of ether oxygens (including phenoxy) is 1. The molecule has 0 spiro atoms. The van der Waals surface area contributed by atoms with Gasteiger partial charge in [-0.25, -0.2) is 4.98 Å². The first-order valence-corrected chi connectivity index (χ1v) is 5.76. The second kappa shape index (κ2) is 5.34. The number of benzene rings is 1. The van der Waals surface area contributed by atoms with E-state index in [-0.39, 0.29) is 0 Å². The Morgan fingerprint density at radius 2 is 2.00 bits per heavy atom. The number of rotatable bonds is 3. The third kappa shape index (κ3) is 3.32. The van der Waals surface area contributed by atoms with Crippen LogP contribution in [0.4, 0.5) is 0 Å². The molecule has 0 bridgehead atoms. The highest BCUT2D eigenvalue weighted by Gasteiger charge is 2.03. The molecule has 0 fully saturated rings. The summed E-state index contributed by atoms with van der Waals surface area (Å²) in [5.41, 5.74) is 1.79. The van der Waals surface area contributed by atoms with Gasteiger partial charge in [0.15, 0.2) is 0 Å². The van der Waals surface area contributed by atoms with E-state index in [1.807, 2.05) is 19.1 Å². The minimum atomic E-state index is 0.313. The van der Waals surface area contributed by atoms with Gasteiger partial charge in [0.25, 0.3) is 0 Å². The summed E-state index contributed by atoms with van der Waals surface area (Å²) in [5.74, 6) is 0.642. The summed E-state index contributed by atoms with van der Waals surface area (Å²) in [6.45, 7) is 2.29. The monoisotopic (exact) mass is 268 g/mol. The predicted molar refractivity (Wildman–Crippen MR) is 67.6 cm³/mol. The van der Waals surface area contributed by atoms with Gasteiger partial charge >= 0.3 is 0 Å². The highest BCUT2D eigenvalue weighted by atomic mass is 35.5. The molecule has 1 aromatic carbocycles. The van der Waals surface area contributed by atoms with Crippen LogP contribution in [-0.4, -0.2) is 9.97 Å². The van der Waals surface area contributed by atoms with Crippen LogP contribution in [-0.2, 0) is 6.61 Å². The minimum Gasteiger partial charge on any atom is -0.486 e. The van der Waals surface area contributed by atoms with Crippen LogP contribution in [0.15, 0.2) is 30.6 Å². The Morgan fingerprint density at radius 1 is 1.18 bits per heavy atom. The van der Waals surface area contributed by atoms with Crippen molar-refractivity contribution in [2.75, 3.05) is 0 Å². The Morgan fingerprint density at radius 3 is 2.71 bits per heavy atom. The van der Waals surface area contributed by atoms with Gasteiger partial charge in [0.05, 0.1) is 23.1 Å². The third-order valence-electron chi connectivity index (χ3n) is 2.14. The molecule has 0 unspecified atom stereocenters. The largest absolute Gasteiger partial charge is 0.486 e. The van der Waals surface area contributed by atoms with Crippen molar-refractivity contribution in [1.29, 1.82) is 0 Å². The number of aryl methyl sites for hydroxylation is 1. The van der Waals surface area contributed by atoms with Crippen LogP contribution in [0.1, 0.15) is 11.3 Å². The number of halogens is 2. The van der Waals surface area contributed by atoms with Gasteiger partial charge in [-0.3, -0.25) is 4.98 Å². The fraction of sp³-hybridized carbons (Fsp3) is 0.167. The van der Waals surface area contributed by atoms with Crippen LogP contribution in [0.3, 0.4) is 0 Å². The van der Waals surface area contributed by atoms with Gasteiger partial charge in [0, 0.05) is 0 Å². The maximum absolute atomic E-state index is 6.01. The number of aromatic nitrogens is 2. The molecule has 0 N–H and O–H groups in total. The lowest BCUT2D eigenvalue weighted by atomic mass is 10.2. The van der Waals surface area contributed by atoms with E-state index in [0.717, 1.165) is 5.56 Å². The van der Waals surface area contributed by atoms with E-state index in [4.69, 9.17) is 27.9 Å². The van der Waals surface area contributed by atoms with E-state index in [9.17, 15) is 0 Å². The highest BCUT2D eigenvalue weighted by Crippen LogP contribution is 2.25. The van der Waals surface area contributed by atoms with Gasteiger partial charge in [0.2, 0.25) is 0 Å². The van der Waals surface area contributed by atoms with Gasteiger partial charge < -0.3 is 4.74 Å². The molecule has 5 heteroatoms. The Hall–Kier alpha value is -1.32. The fourth-order valence-corrected chi connectivity index (χ4v) is 1.56. The summed E-state index contributed by atoms with van der Waals surface area (Å²) < 4.78 is 5.57. The summed E-state index contributed by atoms with van der Waals surface area (Å²) in [6, 6.07) is 5.61. The molecule has 0 aliphatic heterocycles. The average molecular weight is 269 g/mol. The van der Waals surface area contributed by atoms with E-state index in [1.165, 1.54) is 6.20 Å². The molecule has 17 heavy (non-hydrogen) atoms. The van der Waals surface area contributed by atoms with E-state index in [1.54, 1.807) is 12.3 Å². The zero-order valence-electron chi connectivity index (χ0n) is 9.15. The van der Waals surface area contributed by atoms with Crippen molar-refractivity contribution in [3.05, 3.63) is 52.0 Å². The topological polar surface area (TPSA) is 35.0 Å². The Labute approximate surface area is 109 Å². The van der Waals surface area contributed by atoms with Crippen LogP contribution in [0.25, 0.3) is 0 Å². The smallest absolute Gasteiger partial charge is 0.147 e. The summed E-state index contributed by atoms with van der Waals surface area (Å²) in [6.07, 6.45) is 3.06. The van der Waals surface area contributed by atoms with E-state index < -0.39 is 0 Å². The summed E-state index contributed by atoms with van der Waals surface area (Å²) in [7, 11) is 0. The molecule has 0 saturated heterocycles. The van der Waals surface area contributed by atoms with Crippen molar-refractivity contribution in [3.63, 3.8) is 0 Å². The molecule has 88 valence electrons. The van der Waals surface area contributed by atoms with Crippen molar-refractivity contribution < 1.29 is 4.74 Å². The minimum absolute atomic E-state index is 0.313. The molecule has 0 atom stereocenters. The lowest BCUT2D eigenvalue weighted by Crippen LogP contribution is -1.99. The lowest BCUT2D eigenvalue weighted by Gasteiger charge is -2.08. The second-order valence-electron chi connectivity index (χ2n) is 3.55. The SMILES string of the molecule is Cc1ccc(Cl)c(OCc2cnc(Cl)cn2)c1. The molecular formula is C12H10Cl2N2O. The van der Waals surface area contributed by atoms with Crippen molar-refractivity contribution in [1.82, 2.24) is 9.97 Å². The van der Waals surface area contributed by atoms with Gasteiger partial charge in [-0.15, -0.1) is 0 Å². The molecule has 0 saturated carbocycles. The van der Waals surface area contributed by atoms with Gasteiger partial charge in [-0.05, 0) is 24.6 Å². The maximum Gasteiger partial charge on any atom is 0.147 e. The first-order valence-electron chi connectivity index (χ1n) is 5.00. The Bertz CT molecular complexity index is 514. The van der Waals surface area contributed by atoms with Crippen LogP contribution in [0.5, 0.6) is 5.75 Å². The highest BCUT2D eigenvalue weighted by molar-refractivity contribution is 6.32. The molecule has 0 aliphatic carbocycles. The first-order chi connectivity index (χ1) is 8.15. The van der Waals surface area contributed by atoms with E-state index in [2.05, 4.69) is 9.97 Å². The molecule has 0 radical (unpaired) electrons. The normalized spacial score (nSPS) is 10.3. The standard InChI is InChI=1S/C12H10Cl2N2O/c1-8-2-3-10(13)11(4-8)17-7-9-5-16-12(14)6-15-9/h2-6H,7H2,1H3. The van der Waals surface area contributed by atoms with Crippen LogP contribution >= 0.6 is 23.2 Å². The van der Waals surface area contributed by atoms with Crippen molar-refractivity contribution >= 4 is 23.2 Å². The molecule has 1 aromatic heterocycles. The van der Waals surface area contributed by atoms with Crippen molar-refractivity contribution in [2.24, 2.45) is 0 Å². The zero-order chi connectivity index (χ0) is 12.3. The van der Waals surface area contributed by atoms with Crippen LogP contribution in [0, 0.1) is 6.92 Å². The maximum atomic E-state index is 6.01. The zero-order valence-corrected chi connectivity index (χ0v) is 10.7. The Balaban J connectivity index is 2.07. The second-order valence-corrected chi connectivity index (χ2v) is 4.35. The average Bonchev–Trinajstić information content (AvgIpc) is 2.32. The summed E-state index contributed by atoms with van der Waals surface area (Å²) in [5, 5.41) is 0.944. The quantitative estimate of drug-likeness (QED) is 0.852. The molecule has 3 nitrogen and oxygen atoms in total. The first kappa shape index (κ1) is 12.1. The molecular weight excluding hydrogens is 259 g/mol. The molecule has 0 amide bonds. The molecule has 1 heterocycles. The van der Waals surface area contributed by atoms with E-state index >= 15 is 0 Å². The van der Waals surface area contributed by atoms with Gasteiger partial charge in [0.1, 0.15) is 17.5 Å². The number of hydrogen-bond acceptors (Lipinski definition) is 3. The van der Waals surface area contributed by atoms with Crippen molar-refractivity contribution in [2.45, 2.75) is 13.5 Å². The number of hydrogen-bond donors (Lipinski definition) is 0. The third-order valence-corrected chi connectivity index (χ3v) is 2.64. The van der Waals surface area contributed by atoms with Gasteiger partial charge in [-0.1, -0.05) is 29.3 Å². The predicted octanol–water partition coefficient (Wildman–Crippen LogP) is 3.67. The summed E-state index contributed by atoms with van der Waals surface area (Å²) >= 11 is 11.6. The fourth-order valence-electron chi connectivity index (χ4n) is 1.29. The molecule has 2 rings (SSSR count). The van der Waals surface area contributed by atoms with Gasteiger partial charge in [-0.2, -0.15) is 0 Å². The van der Waals surface area contributed by atoms with Crippen LogP contribution < -0.4 is 4.74 Å². The van der Waals surface area contributed by atoms with Crippen molar-refractivity contribution in [3.8, 4) is 5.75 Å². The molecule has 0 aliphatic rings. The number of nitrogens with zero attached hydrogens (tertiary/aromatic N) is 2. The Kier molecular flexibility index (Phi) is 3.82.